The Bertz CT molecular complexity index is 2310. The molecule has 0 saturated carbocycles. The van der Waals surface area contributed by atoms with Crippen molar-refractivity contribution in [3.05, 3.63) is 41.5 Å². The second kappa shape index (κ2) is 14.6. The number of thiophene rings is 1. The highest BCUT2D eigenvalue weighted by Gasteiger charge is 2.50. The molecule has 59 heavy (non-hydrogen) atoms. The van der Waals surface area contributed by atoms with E-state index in [4.69, 9.17) is 14.2 Å². The van der Waals surface area contributed by atoms with Gasteiger partial charge in [0.15, 0.2) is 5.82 Å². The lowest BCUT2D eigenvalue weighted by Gasteiger charge is -2.42. The van der Waals surface area contributed by atoms with Crippen LogP contribution in [0.15, 0.2) is 24.3 Å². The number of piperazine rings is 1. The lowest BCUT2D eigenvalue weighted by Crippen LogP contribution is -2.57. The fourth-order valence-corrected chi connectivity index (χ4v) is 10.1. The van der Waals surface area contributed by atoms with E-state index in [-0.39, 0.29) is 82.6 Å². The highest BCUT2D eigenvalue weighted by molar-refractivity contribution is 7.23. The minimum atomic E-state index is -5.12. The second-order valence-electron chi connectivity index (χ2n) is 18.0. The summed E-state index contributed by atoms with van der Waals surface area (Å²) in [7, 11) is 0. The molecule has 4 fully saturated rings. The molecule has 0 spiro atoms. The minimum absolute atomic E-state index is 0.0131. The zero-order valence-electron chi connectivity index (χ0n) is 33.6. The van der Waals surface area contributed by atoms with Gasteiger partial charge in [-0.25, -0.2) is 22.8 Å². The monoisotopic (exact) mass is 848 g/mol. The SMILES string of the molecule is CC(C)(C)OC(=O)Nc1cc2c(-c3c(C(F)(F)F)cc4c(N5CC6CCC(C5)N6C(=O)OC(C)(C)C)nc(OC[C@@]56CCCN5C[C@H](F)C6)nc4c3F)ccc(F)c2s1. The van der Waals surface area contributed by atoms with Crippen LogP contribution in [0.2, 0.25) is 0 Å². The van der Waals surface area contributed by atoms with Crippen LogP contribution in [0, 0.1) is 11.6 Å². The number of halogens is 6. The molecule has 4 atom stereocenters. The van der Waals surface area contributed by atoms with E-state index < -0.39 is 69.6 Å². The first kappa shape index (κ1) is 41.2. The molecular weight excluding hydrogens is 803 g/mol. The number of hydrogen-bond acceptors (Lipinski definition) is 10. The van der Waals surface area contributed by atoms with Crippen LogP contribution in [-0.2, 0) is 15.7 Å². The fourth-order valence-electron chi connectivity index (χ4n) is 9.09. The fraction of sp³-hybridized carbons (Fsp3) is 0.561. The van der Waals surface area contributed by atoms with Crippen molar-refractivity contribution in [2.75, 3.05) is 43.0 Å². The predicted octanol–water partition coefficient (Wildman–Crippen LogP) is 9.70. The third-order valence-corrected chi connectivity index (χ3v) is 12.4. The topological polar surface area (TPSA) is 109 Å². The molecule has 8 rings (SSSR count). The summed E-state index contributed by atoms with van der Waals surface area (Å²) in [6.45, 7) is 11.5. The molecule has 11 nitrogen and oxygen atoms in total. The molecule has 6 heterocycles. The van der Waals surface area contributed by atoms with Crippen molar-refractivity contribution in [1.82, 2.24) is 19.8 Å². The van der Waals surface area contributed by atoms with Crippen LogP contribution in [-0.4, -0.2) is 99.7 Å². The molecule has 2 aromatic heterocycles. The lowest BCUT2D eigenvalue weighted by atomic mass is 9.93. The Balaban J connectivity index is 1.26. The quantitative estimate of drug-likeness (QED) is 0.190. The first-order chi connectivity index (χ1) is 27.6. The number of fused-ring (bicyclic) bond motifs is 5. The molecule has 4 aliphatic heterocycles. The average molecular weight is 849 g/mol. The summed E-state index contributed by atoms with van der Waals surface area (Å²) in [4.78, 5) is 40.3. The third kappa shape index (κ3) is 7.93. The van der Waals surface area contributed by atoms with Gasteiger partial charge in [0.1, 0.15) is 41.1 Å². The van der Waals surface area contributed by atoms with E-state index >= 15 is 22.0 Å². The number of alkyl halides is 4. The smallest absolute Gasteiger partial charge is 0.417 e. The minimum Gasteiger partial charge on any atom is -0.461 e. The van der Waals surface area contributed by atoms with Gasteiger partial charge in [-0.15, -0.1) is 11.3 Å². The van der Waals surface area contributed by atoms with Crippen LogP contribution in [0.25, 0.3) is 32.1 Å². The van der Waals surface area contributed by atoms with Crippen LogP contribution in [0.4, 0.5) is 46.8 Å². The maximum absolute atomic E-state index is 17.4. The maximum Gasteiger partial charge on any atom is 0.417 e. The van der Waals surface area contributed by atoms with Gasteiger partial charge in [0.2, 0.25) is 0 Å². The number of amides is 2. The number of rotatable bonds is 6. The van der Waals surface area contributed by atoms with Gasteiger partial charge in [0, 0.05) is 42.4 Å². The van der Waals surface area contributed by atoms with Gasteiger partial charge >= 0.3 is 24.4 Å². The number of hydrogen-bond donors (Lipinski definition) is 1. The number of aromatic nitrogens is 2. The largest absolute Gasteiger partial charge is 0.461 e. The Hall–Kier alpha value is -4.58. The van der Waals surface area contributed by atoms with Crippen molar-refractivity contribution in [3.8, 4) is 17.1 Å². The van der Waals surface area contributed by atoms with Gasteiger partial charge < -0.3 is 19.1 Å². The van der Waals surface area contributed by atoms with Crippen LogP contribution in [0.3, 0.4) is 0 Å². The van der Waals surface area contributed by atoms with E-state index in [9.17, 15) is 14.0 Å². The molecule has 2 unspecified atom stereocenters. The standard InChI is InChI=1S/C41H46F6N6O5S/c1-38(2,3)57-36(54)48-29-15-25-24(10-11-28(43)33(25)59-29)30-27(41(45,46)47)14-26-32(31(30)44)49-35(56-20-40-12-7-13-52(40)17-21(42)16-40)50-34(26)51-18-22-8-9-23(19-51)53(22)37(55)58-39(4,5)6/h10-11,14-15,21-23H,7-9,12-13,16-20H2,1-6H3,(H,48,54)/t21-,22?,23?,40+/m1/s1. The Labute approximate surface area is 341 Å². The van der Waals surface area contributed by atoms with E-state index in [0.717, 1.165) is 36.0 Å². The summed E-state index contributed by atoms with van der Waals surface area (Å²) in [6, 6.07) is 3.05. The van der Waals surface area contributed by atoms with Crippen molar-refractivity contribution in [3.63, 3.8) is 0 Å². The number of carbonyl (C=O) groups excluding carboxylic acids is 2. The molecule has 18 heteroatoms. The number of nitrogens with zero attached hydrogens (tertiary/aromatic N) is 5. The first-order valence-electron chi connectivity index (χ1n) is 19.7. The molecule has 318 valence electrons. The van der Waals surface area contributed by atoms with Crippen LogP contribution in [0.5, 0.6) is 6.01 Å². The summed E-state index contributed by atoms with van der Waals surface area (Å²) in [6.07, 6.45) is -4.62. The molecule has 2 aromatic carbocycles. The van der Waals surface area contributed by atoms with Gasteiger partial charge in [0.25, 0.3) is 0 Å². The molecule has 2 amide bonds. The highest BCUT2D eigenvalue weighted by Crippen LogP contribution is 2.48. The summed E-state index contributed by atoms with van der Waals surface area (Å²) >= 11 is 0.760. The summed E-state index contributed by atoms with van der Waals surface area (Å²) in [5.74, 6) is -2.14. The molecule has 2 bridgehead atoms. The van der Waals surface area contributed by atoms with E-state index in [1.165, 1.54) is 6.07 Å². The van der Waals surface area contributed by atoms with E-state index in [1.54, 1.807) is 51.3 Å². The van der Waals surface area contributed by atoms with Crippen LogP contribution < -0.4 is 15.0 Å². The van der Waals surface area contributed by atoms with Crippen LogP contribution >= 0.6 is 11.3 Å². The Morgan fingerprint density at radius 2 is 1.64 bits per heavy atom. The second-order valence-corrected chi connectivity index (χ2v) is 19.0. The molecule has 0 aliphatic carbocycles. The molecular formula is C41H46F6N6O5S. The number of nitrogens with one attached hydrogen (secondary N) is 1. The molecule has 4 aromatic rings. The summed E-state index contributed by atoms with van der Waals surface area (Å²) < 4.78 is 110. The molecule has 4 saturated heterocycles. The van der Waals surface area contributed by atoms with Crippen molar-refractivity contribution < 1.29 is 50.1 Å². The van der Waals surface area contributed by atoms with Gasteiger partial charge in [-0.1, -0.05) is 6.07 Å². The van der Waals surface area contributed by atoms with Crippen molar-refractivity contribution in [2.24, 2.45) is 0 Å². The normalized spacial score (nSPS) is 23.6. The first-order valence-corrected chi connectivity index (χ1v) is 20.5. The van der Waals surface area contributed by atoms with Gasteiger partial charge in [-0.2, -0.15) is 23.1 Å². The Kier molecular flexibility index (Phi) is 10.2. The van der Waals surface area contributed by atoms with E-state index in [0.29, 0.717) is 25.8 Å². The average Bonchev–Trinajstić information content (AvgIpc) is 3.85. The van der Waals surface area contributed by atoms with Crippen molar-refractivity contribution in [2.45, 2.75) is 115 Å². The van der Waals surface area contributed by atoms with Crippen LogP contribution in [0.1, 0.15) is 79.2 Å². The number of anilines is 2. The summed E-state index contributed by atoms with van der Waals surface area (Å²) in [5, 5.41) is 2.25. The Morgan fingerprint density at radius 3 is 2.31 bits per heavy atom. The van der Waals surface area contributed by atoms with Gasteiger partial charge in [-0.05, 0) is 97.5 Å². The van der Waals surface area contributed by atoms with Crippen molar-refractivity contribution >= 4 is 55.3 Å². The zero-order valence-corrected chi connectivity index (χ0v) is 34.4. The van der Waals surface area contributed by atoms with Gasteiger partial charge in [0.05, 0.1) is 32.9 Å². The molecule has 1 N–H and O–H groups in total. The zero-order chi connectivity index (χ0) is 42.4. The van der Waals surface area contributed by atoms with E-state index in [1.807, 2.05) is 4.90 Å². The maximum atomic E-state index is 17.4. The van der Waals surface area contributed by atoms with Gasteiger partial charge in [-0.3, -0.25) is 15.1 Å². The highest BCUT2D eigenvalue weighted by atomic mass is 32.1. The number of ether oxygens (including phenoxy) is 3. The number of benzene rings is 2. The predicted molar refractivity (Wildman–Crippen MR) is 211 cm³/mol. The lowest BCUT2D eigenvalue weighted by molar-refractivity contribution is -0.137. The molecule has 0 radical (unpaired) electrons. The molecule has 4 aliphatic rings. The van der Waals surface area contributed by atoms with E-state index in [2.05, 4.69) is 15.3 Å². The van der Waals surface area contributed by atoms with Crippen molar-refractivity contribution in [1.29, 1.82) is 0 Å². The Morgan fingerprint density at radius 1 is 0.949 bits per heavy atom. The number of carbonyl (C=O) groups is 2. The third-order valence-electron chi connectivity index (χ3n) is 11.3. The summed E-state index contributed by atoms with van der Waals surface area (Å²) in [5.41, 5.74) is -5.24.